The molecule has 164 valence electrons. The van der Waals surface area contributed by atoms with Gasteiger partial charge >= 0.3 is 0 Å². The summed E-state index contributed by atoms with van der Waals surface area (Å²) in [6, 6.07) is 11.9. The van der Waals surface area contributed by atoms with Crippen LogP contribution in [0.2, 0.25) is 0 Å². The van der Waals surface area contributed by atoms with Gasteiger partial charge in [0.1, 0.15) is 0 Å². The first-order chi connectivity index (χ1) is 15.4. The molecular formula is C24H24N4O4. The minimum absolute atomic E-state index is 0.0277. The van der Waals surface area contributed by atoms with Gasteiger partial charge in [0.15, 0.2) is 5.69 Å². The molecule has 8 heteroatoms. The van der Waals surface area contributed by atoms with Crippen LogP contribution in [-0.2, 0) is 7.05 Å². The monoisotopic (exact) mass is 432 g/mol. The zero-order valence-corrected chi connectivity index (χ0v) is 18.5. The first-order valence-corrected chi connectivity index (χ1v) is 10.5. The van der Waals surface area contributed by atoms with E-state index in [0.29, 0.717) is 29.3 Å². The van der Waals surface area contributed by atoms with Crippen molar-refractivity contribution in [2.24, 2.45) is 17.3 Å². The summed E-state index contributed by atoms with van der Waals surface area (Å²) < 4.78 is 7.17. The standard InChI is InChI=1S/C24H24N4O4/c1-5-14(6-2)28-22(30)16-11-9-12-17(19(16)23(28)31)25-26-20-21(29)15-10-7-8-13-18(15)27(3)24(20)32-4/h7-14H,5-6H2,1-4H3. The highest BCUT2D eigenvalue weighted by Crippen LogP contribution is 2.35. The molecule has 2 amide bonds. The number of imide groups is 1. The number of carbonyl (C=O) groups is 2. The van der Waals surface area contributed by atoms with Crippen molar-refractivity contribution in [3.05, 3.63) is 63.8 Å². The summed E-state index contributed by atoms with van der Waals surface area (Å²) in [5.74, 6) is -0.451. The highest BCUT2D eigenvalue weighted by Gasteiger charge is 2.40. The Balaban J connectivity index is 1.84. The van der Waals surface area contributed by atoms with E-state index < -0.39 is 0 Å². The summed E-state index contributed by atoms with van der Waals surface area (Å²) in [6.07, 6.45) is 1.34. The van der Waals surface area contributed by atoms with Crippen molar-refractivity contribution in [2.45, 2.75) is 32.7 Å². The number of hydrogen-bond acceptors (Lipinski definition) is 6. The summed E-state index contributed by atoms with van der Waals surface area (Å²) >= 11 is 0. The normalized spacial score (nSPS) is 13.6. The van der Waals surface area contributed by atoms with Crippen molar-refractivity contribution in [1.82, 2.24) is 9.47 Å². The fourth-order valence-electron chi connectivity index (χ4n) is 4.23. The average molecular weight is 432 g/mol. The Labute approximate surface area is 185 Å². The van der Waals surface area contributed by atoms with Gasteiger partial charge in [0.25, 0.3) is 11.8 Å². The number of amides is 2. The van der Waals surface area contributed by atoms with E-state index in [1.807, 2.05) is 26.0 Å². The van der Waals surface area contributed by atoms with Crippen LogP contribution in [0.25, 0.3) is 10.9 Å². The molecule has 1 aromatic heterocycles. The van der Waals surface area contributed by atoms with Crippen LogP contribution in [0.5, 0.6) is 5.88 Å². The Morgan fingerprint density at radius 2 is 1.66 bits per heavy atom. The quantitative estimate of drug-likeness (QED) is 0.415. The van der Waals surface area contributed by atoms with Crippen LogP contribution in [0.15, 0.2) is 57.5 Å². The number of fused-ring (bicyclic) bond motifs is 2. The Morgan fingerprint density at radius 1 is 0.938 bits per heavy atom. The molecule has 0 fully saturated rings. The molecule has 0 saturated heterocycles. The molecule has 3 aromatic rings. The predicted octanol–water partition coefficient (Wildman–Crippen LogP) is 4.75. The van der Waals surface area contributed by atoms with Crippen molar-refractivity contribution < 1.29 is 14.3 Å². The lowest BCUT2D eigenvalue weighted by Gasteiger charge is -2.23. The van der Waals surface area contributed by atoms with Crippen LogP contribution in [-0.4, -0.2) is 34.4 Å². The Morgan fingerprint density at radius 3 is 2.34 bits per heavy atom. The molecule has 1 aliphatic rings. The van der Waals surface area contributed by atoms with Crippen molar-refractivity contribution in [1.29, 1.82) is 0 Å². The van der Waals surface area contributed by atoms with E-state index in [4.69, 9.17) is 4.74 Å². The van der Waals surface area contributed by atoms with Crippen LogP contribution in [0.1, 0.15) is 47.4 Å². The van der Waals surface area contributed by atoms with Crippen molar-refractivity contribution in [3.63, 3.8) is 0 Å². The second-order valence-corrected chi connectivity index (χ2v) is 7.61. The van der Waals surface area contributed by atoms with E-state index >= 15 is 0 Å². The minimum Gasteiger partial charge on any atom is -0.480 e. The van der Waals surface area contributed by atoms with Crippen LogP contribution in [0.4, 0.5) is 11.4 Å². The third-order valence-electron chi connectivity index (χ3n) is 5.92. The first kappa shape index (κ1) is 21.4. The molecule has 0 N–H and O–H groups in total. The number of rotatable bonds is 6. The van der Waals surface area contributed by atoms with E-state index in [-0.39, 0.29) is 46.1 Å². The van der Waals surface area contributed by atoms with E-state index in [2.05, 4.69) is 10.2 Å². The maximum Gasteiger partial charge on any atom is 0.264 e. The van der Waals surface area contributed by atoms with Gasteiger partial charge in [-0.2, -0.15) is 0 Å². The Bertz CT molecular complexity index is 1320. The van der Waals surface area contributed by atoms with Crippen molar-refractivity contribution in [3.8, 4) is 5.88 Å². The zero-order valence-electron chi connectivity index (χ0n) is 18.5. The predicted molar refractivity (Wildman–Crippen MR) is 121 cm³/mol. The van der Waals surface area contributed by atoms with Gasteiger partial charge < -0.3 is 9.30 Å². The van der Waals surface area contributed by atoms with Crippen molar-refractivity contribution >= 4 is 34.1 Å². The molecule has 2 aromatic carbocycles. The number of para-hydroxylation sites is 1. The number of methoxy groups -OCH3 is 1. The number of pyridine rings is 1. The molecular weight excluding hydrogens is 408 g/mol. The van der Waals surface area contributed by atoms with E-state index in [0.717, 1.165) is 0 Å². The molecule has 0 bridgehead atoms. The van der Waals surface area contributed by atoms with Gasteiger partial charge in [-0.3, -0.25) is 19.3 Å². The minimum atomic E-state index is -0.383. The maximum absolute atomic E-state index is 13.1. The maximum atomic E-state index is 13.1. The number of benzene rings is 2. The lowest BCUT2D eigenvalue weighted by Crippen LogP contribution is -2.39. The van der Waals surface area contributed by atoms with Gasteiger partial charge in [-0.15, -0.1) is 10.2 Å². The molecule has 0 spiro atoms. The van der Waals surface area contributed by atoms with Crippen LogP contribution >= 0.6 is 0 Å². The van der Waals surface area contributed by atoms with Crippen LogP contribution in [0.3, 0.4) is 0 Å². The molecule has 0 atom stereocenters. The fraction of sp³-hybridized carbons (Fsp3) is 0.292. The number of hydrogen-bond donors (Lipinski definition) is 0. The highest BCUT2D eigenvalue weighted by atomic mass is 16.5. The molecule has 0 aliphatic carbocycles. The largest absolute Gasteiger partial charge is 0.480 e. The fourth-order valence-corrected chi connectivity index (χ4v) is 4.23. The number of azo groups is 1. The number of ether oxygens (including phenoxy) is 1. The molecule has 8 nitrogen and oxygen atoms in total. The second-order valence-electron chi connectivity index (χ2n) is 7.61. The van der Waals surface area contributed by atoms with E-state index in [1.54, 1.807) is 41.9 Å². The molecule has 1 aliphatic heterocycles. The van der Waals surface area contributed by atoms with Gasteiger partial charge in [0.2, 0.25) is 11.3 Å². The Kier molecular flexibility index (Phi) is 5.61. The lowest BCUT2D eigenvalue weighted by atomic mass is 10.1. The molecule has 4 rings (SSSR count). The van der Waals surface area contributed by atoms with Gasteiger partial charge in [-0.05, 0) is 37.1 Å². The highest BCUT2D eigenvalue weighted by molar-refractivity contribution is 6.23. The number of aryl methyl sites for hydroxylation is 1. The lowest BCUT2D eigenvalue weighted by molar-refractivity contribution is 0.0576. The van der Waals surface area contributed by atoms with Gasteiger partial charge in [0.05, 0.1) is 29.4 Å². The van der Waals surface area contributed by atoms with E-state index in [9.17, 15) is 14.4 Å². The molecule has 0 saturated carbocycles. The third kappa shape index (κ3) is 3.19. The SMILES string of the molecule is CCC(CC)N1C(=O)c2cccc(N=Nc3c(OC)n(C)c4ccccc4c3=O)c2C1=O. The third-order valence-corrected chi connectivity index (χ3v) is 5.92. The summed E-state index contributed by atoms with van der Waals surface area (Å²) in [6.45, 7) is 3.89. The van der Waals surface area contributed by atoms with Crippen LogP contribution < -0.4 is 10.2 Å². The summed E-state index contributed by atoms with van der Waals surface area (Å²) in [5, 5.41) is 8.90. The van der Waals surface area contributed by atoms with Crippen LogP contribution in [0, 0.1) is 0 Å². The topological polar surface area (TPSA) is 93.3 Å². The van der Waals surface area contributed by atoms with Gasteiger partial charge in [-0.25, -0.2) is 0 Å². The first-order valence-electron chi connectivity index (χ1n) is 10.5. The zero-order chi connectivity index (χ0) is 23.0. The van der Waals surface area contributed by atoms with Gasteiger partial charge in [0, 0.05) is 18.5 Å². The number of carbonyl (C=O) groups excluding carboxylic acids is 2. The molecule has 0 unspecified atom stereocenters. The summed E-state index contributed by atoms with van der Waals surface area (Å²) in [7, 11) is 3.23. The average Bonchev–Trinajstić information content (AvgIpc) is 3.07. The Hall–Kier alpha value is -3.81. The molecule has 2 heterocycles. The molecule has 32 heavy (non-hydrogen) atoms. The summed E-state index contributed by atoms with van der Waals surface area (Å²) in [4.78, 5) is 40.4. The van der Waals surface area contributed by atoms with E-state index in [1.165, 1.54) is 12.0 Å². The summed E-state index contributed by atoms with van der Waals surface area (Å²) in [5.41, 5.74) is 1.16. The van der Waals surface area contributed by atoms with Crippen molar-refractivity contribution in [2.75, 3.05) is 7.11 Å². The smallest absolute Gasteiger partial charge is 0.264 e. The number of nitrogens with zero attached hydrogens (tertiary/aromatic N) is 4. The molecule has 0 radical (unpaired) electrons. The second kappa shape index (κ2) is 8.37. The van der Waals surface area contributed by atoms with Gasteiger partial charge in [-0.1, -0.05) is 32.0 Å². The number of aromatic nitrogens is 1.